The van der Waals surface area contributed by atoms with E-state index >= 15 is 0 Å². The highest BCUT2D eigenvalue weighted by molar-refractivity contribution is 6.34. The lowest BCUT2D eigenvalue weighted by Crippen LogP contribution is -2.15. The largest absolute Gasteiger partial charge is 0.469 e. The number of aromatic nitrogens is 2. The van der Waals surface area contributed by atoms with E-state index in [1.54, 1.807) is 35.0 Å². The predicted molar refractivity (Wildman–Crippen MR) is 121 cm³/mol. The minimum atomic E-state index is -1.10. The number of nitrogens with zero attached hydrogens (tertiary/aromatic N) is 2. The first-order valence-electron chi connectivity index (χ1n) is 10.1. The van der Waals surface area contributed by atoms with Crippen molar-refractivity contribution in [2.75, 3.05) is 7.11 Å². The molecule has 3 rings (SSSR count). The molecule has 1 atom stereocenters. The fourth-order valence-electron chi connectivity index (χ4n) is 3.54. The van der Waals surface area contributed by atoms with Gasteiger partial charge in [-0.1, -0.05) is 37.6 Å². The van der Waals surface area contributed by atoms with Gasteiger partial charge in [-0.3, -0.25) is 9.59 Å². The lowest BCUT2D eigenvalue weighted by atomic mass is 9.93. The van der Waals surface area contributed by atoms with Crippen molar-refractivity contribution < 1.29 is 23.8 Å². The van der Waals surface area contributed by atoms with Crippen LogP contribution >= 0.6 is 11.6 Å². The molecule has 0 saturated heterocycles. The molecule has 0 spiro atoms. The molecule has 1 unspecified atom stereocenters. The summed E-state index contributed by atoms with van der Waals surface area (Å²) in [6.07, 6.45) is 3.21. The normalized spacial score (nSPS) is 12.6. The zero-order chi connectivity index (χ0) is 23.4. The van der Waals surface area contributed by atoms with Crippen LogP contribution in [0.3, 0.4) is 0 Å². The Bertz CT molecular complexity index is 1170. The Balaban J connectivity index is 2.07. The van der Waals surface area contributed by atoms with E-state index in [0.717, 1.165) is 11.1 Å². The monoisotopic (exact) mass is 458 g/mol. The number of methoxy groups -OCH3 is 1. The van der Waals surface area contributed by atoms with E-state index in [4.69, 9.17) is 11.6 Å². The molecule has 32 heavy (non-hydrogen) atoms. The highest BCUT2D eigenvalue weighted by atomic mass is 35.5. The third-order valence-corrected chi connectivity index (χ3v) is 5.32. The number of rotatable bonds is 8. The Morgan fingerprint density at radius 2 is 1.94 bits per heavy atom. The van der Waals surface area contributed by atoms with Crippen molar-refractivity contribution in [3.8, 4) is 11.3 Å². The summed E-state index contributed by atoms with van der Waals surface area (Å²) in [5.74, 6) is -1.39. The molecule has 0 radical (unpaired) electrons. The molecule has 2 aromatic heterocycles. The van der Waals surface area contributed by atoms with Crippen LogP contribution in [0.4, 0.5) is 4.39 Å². The summed E-state index contributed by atoms with van der Waals surface area (Å²) in [6, 6.07) is 7.72. The van der Waals surface area contributed by atoms with Gasteiger partial charge in [-0.25, -0.2) is 8.91 Å². The van der Waals surface area contributed by atoms with E-state index in [1.165, 1.54) is 25.3 Å². The topological polar surface area (TPSA) is 80.9 Å². The molecule has 6 nitrogen and oxygen atoms in total. The number of hydrogen-bond donors (Lipinski definition) is 1. The van der Waals surface area contributed by atoms with Crippen LogP contribution in [-0.4, -0.2) is 39.7 Å². The van der Waals surface area contributed by atoms with E-state index in [1.807, 2.05) is 13.8 Å². The predicted octanol–water partition coefficient (Wildman–Crippen LogP) is 4.81. The molecule has 0 saturated carbocycles. The molecule has 0 aliphatic heterocycles. The van der Waals surface area contributed by atoms with E-state index in [-0.39, 0.29) is 18.2 Å². The maximum Gasteiger partial charge on any atom is 0.313 e. The lowest BCUT2D eigenvalue weighted by Gasteiger charge is -2.17. The number of fused-ring (bicyclic) bond motifs is 1. The Hall–Kier alpha value is -3.03. The number of carbonyl (C=O) groups is 2. The van der Waals surface area contributed by atoms with Crippen molar-refractivity contribution in [2.24, 2.45) is 0 Å². The second kappa shape index (κ2) is 10.1. The molecular weight excluding hydrogens is 435 g/mol. The van der Waals surface area contributed by atoms with Crippen molar-refractivity contribution in [2.45, 2.75) is 38.7 Å². The minimum Gasteiger partial charge on any atom is -0.469 e. The number of Topliss-reactive ketones (excluding diaryl/α,β-unsaturated/α-hetero) is 1. The van der Waals surface area contributed by atoms with Crippen LogP contribution in [0.15, 0.2) is 42.6 Å². The third kappa shape index (κ3) is 5.23. The molecule has 1 N–H and O–H groups in total. The summed E-state index contributed by atoms with van der Waals surface area (Å²) in [7, 11) is 1.20. The zero-order valence-corrected chi connectivity index (χ0v) is 18.8. The van der Waals surface area contributed by atoms with Gasteiger partial charge in [0.2, 0.25) is 0 Å². The standard InChI is InChI=1S/C24H24ClFN2O4/c1-14(2)22-19(9-8-17(29)12-18(30)13-21(31)32-3)23(15-4-6-16(26)7-5-15)27-28-11-10-20(25)24(22)28/h4-11,14,17,29H,12-13H2,1-3H3. The highest BCUT2D eigenvalue weighted by Gasteiger charge is 2.20. The van der Waals surface area contributed by atoms with Gasteiger partial charge in [0, 0.05) is 23.7 Å². The number of carbonyl (C=O) groups excluding carboxylic acids is 2. The van der Waals surface area contributed by atoms with Gasteiger partial charge in [-0.15, -0.1) is 0 Å². The lowest BCUT2D eigenvalue weighted by molar-refractivity contribution is -0.143. The second-order valence-electron chi connectivity index (χ2n) is 7.72. The summed E-state index contributed by atoms with van der Waals surface area (Å²) < 4.78 is 19.7. The number of ketones is 1. The number of aliphatic hydroxyl groups is 1. The second-order valence-corrected chi connectivity index (χ2v) is 8.12. The summed E-state index contributed by atoms with van der Waals surface area (Å²) in [5.41, 5.74) is 3.62. The first kappa shape index (κ1) is 23.6. The number of halogens is 2. The van der Waals surface area contributed by atoms with Crippen LogP contribution in [0.5, 0.6) is 0 Å². The Kier molecular flexibility index (Phi) is 7.43. The van der Waals surface area contributed by atoms with Crippen LogP contribution in [-0.2, 0) is 14.3 Å². The smallest absolute Gasteiger partial charge is 0.313 e. The van der Waals surface area contributed by atoms with Crippen LogP contribution in [0.25, 0.3) is 22.9 Å². The average Bonchev–Trinajstić information content (AvgIpc) is 3.11. The van der Waals surface area contributed by atoms with Crippen molar-refractivity contribution in [3.63, 3.8) is 0 Å². The molecular formula is C24H24ClFN2O4. The molecule has 168 valence electrons. The van der Waals surface area contributed by atoms with E-state index in [2.05, 4.69) is 9.84 Å². The summed E-state index contributed by atoms with van der Waals surface area (Å²) >= 11 is 6.43. The molecule has 2 heterocycles. The fraction of sp³-hybridized carbons (Fsp3) is 0.292. The first-order chi connectivity index (χ1) is 15.2. The minimum absolute atomic E-state index is 0.0462. The van der Waals surface area contributed by atoms with Gasteiger partial charge in [0.1, 0.15) is 18.0 Å². The molecule has 0 fully saturated rings. The van der Waals surface area contributed by atoms with Gasteiger partial charge >= 0.3 is 5.97 Å². The quantitative estimate of drug-likeness (QED) is 0.387. The first-order valence-corrected chi connectivity index (χ1v) is 10.5. The van der Waals surface area contributed by atoms with Crippen LogP contribution < -0.4 is 0 Å². The number of ether oxygens (including phenoxy) is 1. The van der Waals surface area contributed by atoms with Gasteiger partial charge in [-0.05, 0) is 41.8 Å². The SMILES string of the molecule is COC(=O)CC(=O)CC(O)C=Cc1c(-c2ccc(F)cc2)nn2ccc(Cl)c2c1C(C)C. The summed E-state index contributed by atoms with van der Waals surface area (Å²) in [4.78, 5) is 23.2. The Labute approximate surface area is 190 Å². The van der Waals surface area contributed by atoms with Crippen molar-refractivity contribution in [3.05, 3.63) is 64.6 Å². The molecule has 0 bridgehead atoms. The van der Waals surface area contributed by atoms with E-state index < -0.39 is 24.3 Å². The van der Waals surface area contributed by atoms with Crippen LogP contribution in [0, 0.1) is 5.82 Å². The van der Waals surface area contributed by atoms with Gasteiger partial charge in [-0.2, -0.15) is 5.10 Å². The zero-order valence-electron chi connectivity index (χ0n) is 18.0. The molecule has 0 aliphatic carbocycles. The van der Waals surface area contributed by atoms with Gasteiger partial charge in [0.25, 0.3) is 0 Å². The number of aliphatic hydroxyl groups excluding tert-OH is 1. The maximum absolute atomic E-state index is 13.5. The number of hydrogen-bond acceptors (Lipinski definition) is 5. The van der Waals surface area contributed by atoms with Crippen molar-refractivity contribution in [1.29, 1.82) is 0 Å². The maximum atomic E-state index is 13.5. The van der Waals surface area contributed by atoms with Gasteiger partial charge in [0.05, 0.1) is 29.4 Å². The number of benzene rings is 1. The Morgan fingerprint density at radius 1 is 1.25 bits per heavy atom. The van der Waals surface area contributed by atoms with Crippen molar-refractivity contribution in [1.82, 2.24) is 9.61 Å². The summed E-state index contributed by atoms with van der Waals surface area (Å²) in [5, 5.41) is 15.6. The van der Waals surface area contributed by atoms with E-state index in [0.29, 0.717) is 21.8 Å². The molecule has 0 aliphatic rings. The van der Waals surface area contributed by atoms with Crippen LogP contribution in [0.2, 0.25) is 5.02 Å². The average molecular weight is 459 g/mol. The van der Waals surface area contributed by atoms with Gasteiger partial charge in [0.15, 0.2) is 0 Å². The highest BCUT2D eigenvalue weighted by Crippen LogP contribution is 2.36. The molecule has 3 aromatic rings. The fourth-order valence-corrected chi connectivity index (χ4v) is 3.78. The molecule has 1 aromatic carbocycles. The van der Waals surface area contributed by atoms with Crippen molar-refractivity contribution >= 4 is 34.9 Å². The van der Waals surface area contributed by atoms with Crippen LogP contribution in [0.1, 0.15) is 43.7 Å². The number of esters is 1. The van der Waals surface area contributed by atoms with Gasteiger partial charge < -0.3 is 9.84 Å². The third-order valence-electron chi connectivity index (χ3n) is 5.01. The summed E-state index contributed by atoms with van der Waals surface area (Å²) in [6.45, 7) is 4.03. The van der Waals surface area contributed by atoms with E-state index in [9.17, 15) is 19.1 Å². The molecule has 0 amide bonds. The molecule has 8 heteroatoms. The Morgan fingerprint density at radius 3 is 2.56 bits per heavy atom.